The van der Waals surface area contributed by atoms with E-state index in [0.717, 1.165) is 0 Å². The molecular weight excluding hydrogens is 164 g/mol. The van der Waals surface area contributed by atoms with Crippen LogP contribution in [0.1, 0.15) is 12.8 Å². The fourth-order valence-corrected chi connectivity index (χ4v) is 1.15. The number of ketones is 1. The van der Waals surface area contributed by atoms with Crippen molar-refractivity contribution in [3.63, 3.8) is 0 Å². The highest BCUT2D eigenvalue weighted by Gasteiger charge is 2.11. The third-order valence-electron chi connectivity index (χ3n) is 1.38. The van der Waals surface area contributed by atoms with Gasteiger partial charge in [0.2, 0.25) is 0 Å². The minimum absolute atomic E-state index is 0.259. The summed E-state index contributed by atoms with van der Waals surface area (Å²) in [6.07, 6.45) is -0.344. The number of rotatable bonds is 6. The molecule has 0 aromatic heterocycles. The second kappa shape index (κ2) is 6.48. The van der Waals surface area contributed by atoms with Gasteiger partial charge in [0, 0.05) is 6.42 Å². The Hall–Kier alpha value is -0.233. The van der Waals surface area contributed by atoms with Gasteiger partial charge >= 0.3 is 0 Å². The van der Waals surface area contributed by atoms with E-state index in [1.165, 1.54) is 0 Å². The molecule has 0 radical (unpaired) electrons. The van der Waals surface area contributed by atoms with Crippen molar-refractivity contribution in [2.75, 3.05) is 6.61 Å². The van der Waals surface area contributed by atoms with Crippen LogP contribution < -0.4 is 0 Å². The summed E-state index contributed by atoms with van der Waals surface area (Å²) >= 11 is 0. The van der Waals surface area contributed by atoms with E-state index in [4.69, 9.17) is 15.0 Å². The fourth-order valence-electron chi connectivity index (χ4n) is 0.679. The molecule has 0 fully saturated rings. The lowest BCUT2D eigenvalue weighted by Crippen LogP contribution is -2.23. The van der Waals surface area contributed by atoms with Crippen LogP contribution in [0, 0.1) is 0 Å². The highest BCUT2D eigenvalue weighted by Crippen LogP contribution is 1.98. The van der Waals surface area contributed by atoms with E-state index in [2.05, 4.69) is 0 Å². The quantitative estimate of drug-likeness (QED) is 0.331. The number of aliphatic hydroxyl groups excluding tert-OH is 2. The lowest BCUT2D eigenvalue weighted by atomic mass is 10.1. The Kier molecular flexibility index (Phi) is 6.34. The maximum atomic E-state index is 10.8. The standard InChI is InChI=1S/C6H14O4Si/c7-4-6(9)5(8)2-1-3-11-10/h6-7,9-10H,1-4,11H2. The molecule has 66 valence electrons. The van der Waals surface area contributed by atoms with Crippen LogP contribution in [0.5, 0.6) is 0 Å². The average Bonchev–Trinajstić information content (AvgIpc) is 2.03. The molecule has 0 heterocycles. The Morgan fingerprint density at radius 3 is 2.64 bits per heavy atom. The summed E-state index contributed by atoms with van der Waals surface area (Å²) < 4.78 is 0. The van der Waals surface area contributed by atoms with E-state index in [1.807, 2.05) is 0 Å². The maximum absolute atomic E-state index is 10.8. The average molecular weight is 178 g/mol. The molecule has 0 saturated carbocycles. The predicted octanol–water partition coefficient (Wildman–Crippen LogP) is -1.82. The van der Waals surface area contributed by atoms with E-state index in [-0.39, 0.29) is 12.2 Å². The van der Waals surface area contributed by atoms with E-state index in [9.17, 15) is 4.79 Å². The minimum atomic E-state index is -1.23. The smallest absolute Gasteiger partial charge is 0.163 e. The second-order valence-corrected chi connectivity index (χ2v) is 3.50. The van der Waals surface area contributed by atoms with Gasteiger partial charge < -0.3 is 15.0 Å². The molecule has 0 spiro atoms. The molecule has 0 bridgehead atoms. The van der Waals surface area contributed by atoms with Crippen molar-refractivity contribution in [1.29, 1.82) is 0 Å². The van der Waals surface area contributed by atoms with Crippen molar-refractivity contribution >= 4 is 15.5 Å². The van der Waals surface area contributed by atoms with Crippen LogP contribution in [0.3, 0.4) is 0 Å². The molecule has 0 saturated heterocycles. The summed E-state index contributed by atoms with van der Waals surface area (Å²) in [6, 6.07) is 0.698. The van der Waals surface area contributed by atoms with Crippen LogP contribution in [-0.2, 0) is 4.79 Å². The fraction of sp³-hybridized carbons (Fsp3) is 0.833. The number of aliphatic hydroxyl groups is 2. The first-order chi connectivity index (χ1) is 5.22. The van der Waals surface area contributed by atoms with E-state index in [0.29, 0.717) is 12.5 Å². The van der Waals surface area contributed by atoms with Gasteiger partial charge in [-0.3, -0.25) is 4.79 Å². The zero-order valence-electron chi connectivity index (χ0n) is 6.36. The third-order valence-corrected chi connectivity index (χ3v) is 2.19. The molecule has 4 nitrogen and oxygen atoms in total. The number of carbonyl (C=O) groups excluding carboxylic acids is 1. The number of hydrogen-bond donors (Lipinski definition) is 3. The molecule has 0 aliphatic rings. The predicted molar refractivity (Wildman–Crippen MR) is 42.9 cm³/mol. The van der Waals surface area contributed by atoms with Crippen molar-refractivity contribution in [3.05, 3.63) is 0 Å². The molecule has 1 atom stereocenters. The second-order valence-electron chi connectivity index (χ2n) is 2.35. The zero-order valence-corrected chi connectivity index (χ0v) is 7.78. The molecule has 0 aliphatic heterocycles. The molecule has 0 aromatic carbocycles. The first-order valence-electron chi connectivity index (χ1n) is 3.65. The third kappa shape index (κ3) is 5.08. The Morgan fingerprint density at radius 1 is 1.55 bits per heavy atom. The normalized spacial score (nSPS) is 14.1. The minimum Gasteiger partial charge on any atom is -0.438 e. The highest BCUT2D eigenvalue weighted by molar-refractivity contribution is 6.25. The van der Waals surface area contributed by atoms with E-state index >= 15 is 0 Å². The van der Waals surface area contributed by atoms with Gasteiger partial charge in [-0.1, -0.05) is 0 Å². The van der Waals surface area contributed by atoms with Crippen LogP contribution in [0.15, 0.2) is 0 Å². The maximum Gasteiger partial charge on any atom is 0.163 e. The van der Waals surface area contributed by atoms with Crippen molar-refractivity contribution in [1.82, 2.24) is 0 Å². The van der Waals surface area contributed by atoms with Crippen molar-refractivity contribution < 1.29 is 19.8 Å². The van der Waals surface area contributed by atoms with Crippen molar-refractivity contribution in [3.8, 4) is 0 Å². The summed E-state index contributed by atoms with van der Waals surface area (Å²) in [7, 11) is -0.956. The van der Waals surface area contributed by atoms with Crippen molar-refractivity contribution in [2.24, 2.45) is 0 Å². The van der Waals surface area contributed by atoms with Gasteiger partial charge in [-0.25, -0.2) is 0 Å². The Bertz CT molecular complexity index is 117. The van der Waals surface area contributed by atoms with Gasteiger partial charge in [0.1, 0.15) is 6.10 Å². The Balaban J connectivity index is 3.36. The van der Waals surface area contributed by atoms with Gasteiger partial charge in [-0.05, 0) is 12.5 Å². The number of carbonyl (C=O) groups is 1. The van der Waals surface area contributed by atoms with Gasteiger partial charge in [0.25, 0.3) is 0 Å². The summed E-state index contributed by atoms with van der Waals surface area (Å²) in [6.45, 7) is -0.505. The van der Waals surface area contributed by atoms with Gasteiger partial charge in [-0.2, -0.15) is 0 Å². The van der Waals surface area contributed by atoms with Gasteiger partial charge in [0.15, 0.2) is 15.5 Å². The lowest BCUT2D eigenvalue weighted by molar-refractivity contribution is -0.128. The largest absolute Gasteiger partial charge is 0.438 e. The lowest BCUT2D eigenvalue weighted by Gasteiger charge is -2.03. The van der Waals surface area contributed by atoms with Crippen LogP contribution in [-0.4, -0.2) is 43.3 Å². The summed E-state index contributed by atoms with van der Waals surface area (Å²) in [4.78, 5) is 19.3. The van der Waals surface area contributed by atoms with Crippen LogP contribution >= 0.6 is 0 Å². The molecule has 0 amide bonds. The summed E-state index contributed by atoms with van der Waals surface area (Å²) in [5.41, 5.74) is 0. The molecule has 3 N–H and O–H groups in total. The molecular formula is C6H14O4Si. The van der Waals surface area contributed by atoms with Gasteiger partial charge in [0.05, 0.1) is 6.61 Å². The molecule has 1 unspecified atom stereocenters. The Morgan fingerprint density at radius 2 is 2.18 bits per heavy atom. The summed E-state index contributed by atoms with van der Waals surface area (Å²) in [5, 5.41) is 17.1. The zero-order chi connectivity index (χ0) is 8.69. The van der Waals surface area contributed by atoms with Crippen LogP contribution in [0.2, 0.25) is 6.04 Å². The summed E-state index contributed by atoms with van der Waals surface area (Å²) in [5.74, 6) is -0.338. The van der Waals surface area contributed by atoms with Crippen LogP contribution in [0.25, 0.3) is 0 Å². The first-order valence-corrected chi connectivity index (χ1v) is 5.28. The van der Waals surface area contributed by atoms with Gasteiger partial charge in [-0.15, -0.1) is 0 Å². The Labute approximate surface area is 67.8 Å². The molecule has 0 aromatic rings. The van der Waals surface area contributed by atoms with E-state index < -0.39 is 22.5 Å². The molecule has 0 rings (SSSR count). The van der Waals surface area contributed by atoms with Crippen molar-refractivity contribution in [2.45, 2.75) is 25.0 Å². The highest BCUT2D eigenvalue weighted by atomic mass is 28.2. The number of Topliss-reactive ketones (excluding diaryl/α,β-unsaturated/α-hetero) is 1. The van der Waals surface area contributed by atoms with E-state index in [1.54, 1.807) is 0 Å². The molecule has 11 heavy (non-hydrogen) atoms. The molecule has 0 aliphatic carbocycles. The van der Waals surface area contributed by atoms with Crippen LogP contribution in [0.4, 0.5) is 0 Å². The molecule has 5 heteroatoms. The SMILES string of the molecule is O=C(CCC[SiH2]O)C(O)CO. The monoisotopic (exact) mass is 178 g/mol. The topological polar surface area (TPSA) is 77.8 Å². The first kappa shape index (κ1) is 10.8. The number of hydrogen-bond acceptors (Lipinski definition) is 4.